The van der Waals surface area contributed by atoms with Crippen LogP contribution in [0.25, 0.3) is 0 Å². The summed E-state index contributed by atoms with van der Waals surface area (Å²) in [5.74, 6) is -1.55. The third-order valence-corrected chi connectivity index (χ3v) is 2.59. The lowest BCUT2D eigenvalue weighted by Gasteiger charge is -2.21. The number of hydrogen-bond donors (Lipinski definition) is 0. The lowest BCUT2D eigenvalue weighted by molar-refractivity contribution is -0.141. The Balaban J connectivity index is 0.000000921. The van der Waals surface area contributed by atoms with Crippen LogP contribution in [-0.4, -0.2) is 6.18 Å². The summed E-state index contributed by atoms with van der Waals surface area (Å²) in [6, 6.07) is 15.9. The average Bonchev–Trinajstić information content (AvgIpc) is 2.52. The second kappa shape index (κ2) is 10.0. The van der Waals surface area contributed by atoms with Crippen molar-refractivity contribution in [2.75, 3.05) is 0 Å². The van der Waals surface area contributed by atoms with Crippen LogP contribution >= 0.6 is 0 Å². The predicted octanol–water partition coefficient (Wildman–Crippen LogP) is 6.43. The third-order valence-electron chi connectivity index (χ3n) is 2.59. The molecule has 0 bridgehead atoms. The second-order valence-corrected chi connectivity index (χ2v) is 3.80. The van der Waals surface area contributed by atoms with Crippen LogP contribution in [-0.2, 0) is 0 Å². The van der Waals surface area contributed by atoms with Gasteiger partial charge in [-0.15, -0.1) is 0 Å². The highest BCUT2D eigenvalue weighted by atomic mass is 19.4. The molecule has 0 saturated carbocycles. The monoisotopic (exact) mass is 296 g/mol. The van der Waals surface area contributed by atoms with Crippen molar-refractivity contribution in [3.8, 4) is 0 Å². The molecule has 2 aromatic carbocycles. The van der Waals surface area contributed by atoms with Crippen molar-refractivity contribution in [3.05, 3.63) is 71.8 Å². The Labute approximate surface area is 125 Å². The van der Waals surface area contributed by atoms with Gasteiger partial charge in [0, 0.05) is 0 Å². The molecule has 0 N–H and O–H groups in total. The van der Waals surface area contributed by atoms with E-state index in [-0.39, 0.29) is 11.1 Å². The van der Waals surface area contributed by atoms with E-state index in [0.29, 0.717) is 0 Å². The summed E-state index contributed by atoms with van der Waals surface area (Å²) in [6.07, 6.45) is -4.28. The van der Waals surface area contributed by atoms with E-state index in [1.807, 2.05) is 27.7 Å². The fraction of sp³-hybridized carbons (Fsp3) is 0.333. The van der Waals surface area contributed by atoms with Gasteiger partial charge in [-0.1, -0.05) is 88.4 Å². The van der Waals surface area contributed by atoms with Crippen molar-refractivity contribution in [1.82, 2.24) is 0 Å². The molecule has 0 aromatic heterocycles. The number of rotatable bonds is 2. The molecule has 0 amide bonds. The van der Waals surface area contributed by atoms with Gasteiger partial charge in [0.05, 0.1) is 0 Å². The first-order valence-electron chi connectivity index (χ1n) is 7.25. The molecule has 116 valence electrons. The van der Waals surface area contributed by atoms with Gasteiger partial charge in [0.25, 0.3) is 0 Å². The SMILES string of the molecule is CC.CC.FC(F)(F)C(c1ccccc1)c1ccccc1. The van der Waals surface area contributed by atoms with E-state index in [0.717, 1.165) is 0 Å². The van der Waals surface area contributed by atoms with Gasteiger partial charge in [0.15, 0.2) is 0 Å². The van der Waals surface area contributed by atoms with Crippen LogP contribution in [0, 0.1) is 0 Å². The minimum atomic E-state index is -4.28. The van der Waals surface area contributed by atoms with Crippen LogP contribution in [0.2, 0.25) is 0 Å². The first-order valence-corrected chi connectivity index (χ1v) is 7.25. The smallest absolute Gasteiger partial charge is 0.170 e. The van der Waals surface area contributed by atoms with Gasteiger partial charge < -0.3 is 0 Å². The standard InChI is InChI=1S/C14H11F3.2C2H6/c15-14(16,17)13(11-7-3-1-4-8-11)12-9-5-2-6-10-12;2*1-2/h1-10,13H;2*1-2H3. The molecule has 0 unspecified atom stereocenters. The maximum atomic E-state index is 13.1. The van der Waals surface area contributed by atoms with E-state index < -0.39 is 12.1 Å². The van der Waals surface area contributed by atoms with Gasteiger partial charge >= 0.3 is 6.18 Å². The second-order valence-electron chi connectivity index (χ2n) is 3.80. The average molecular weight is 296 g/mol. The van der Waals surface area contributed by atoms with E-state index in [1.54, 1.807) is 36.4 Å². The summed E-state index contributed by atoms with van der Waals surface area (Å²) in [7, 11) is 0. The number of benzene rings is 2. The quantitative estimate of drug-likeness (QED) is 0.598. The van der Waals surface area contributed by atoms with Gasteiger partial charge in [0.2, 0.25) is 0 Å². The normalized spacial score (nSPS) is 10.1. The Kier molecular flexibility index (Phi) is 9.18. The Morgan fingerprint density at radius 1 is 0.619 bits per heavy atom. The molecule has 2 rings (SSSR count). The molecule has 0 heterocycles. The maximum Gasteiger partial charge on any atom is 0.399 e. The summed E-state index contributed by atoms with van der Waals surface area (Å²) in [4.78, 5) is 0. The molecule has 0 atom stereocenters. The summed E-state index contributed by atoms with van der Waals surface area (Å²) < 4.78 is 39.3. The number of halogens is 3. The fourth-order valence-electron chi connectivity index (χ4n) is 1.86. The van der Waals surface area contributed by atoms with Crippen molar-refractivity contribution in [1.29, 1.82) is 0 Å². The first kappa shape index (κ1) is 19.2. The molecule has 0 spiro atoms. The van der Waals surface area contributed by atoms with Crippen molar-refractivity contribution >= 4 is 0 Å². The first-order chi connectivity index (χ1) is 10.1. The van der Waals surface area contributed by atoms with Crippen molar-refractivity contribution < 1.29 is 13.2 Å². The molecule has 0 aliphatic carbocycles. The van der Waals surface area contributed by atoms with E-state index in [2.05, 4.69) is 0 Å². The molecule has 0 fully saturated rings. The summed E-state index contributed by atoms with van der Waals surface area (Å²) in [5, 5.41) is 0. The topological polar surface area (TPSA) is 0 Å². The molecule has 0 aliphatic rings. The van der Waals surface area contributed by atoms with Crippen LogP contribution in [0.15, 0.2) is 60.7 Å². The summed E-state index contributed by atoms with van der Waals surface area (Å²) in [6.45, 7) is 8.00. The van der Waals surface area contributed by atoms with Crippen molar-refractivity contribution in [2.24, 2.45) is 0 Å². The lowest BCUT2D eigenvalue weighted by Crippen LogP contribution is -2.21. The molecule has 0 nitrogen and oxygen atoms in total. The van der Waals surface area contributed by atoms with Crippen molar-refractivity contribution in [2.45, 2.75) is 39.8 Å². The van der Waals surface area contributed by atoms with Gasteiger partial charge in [-0.2, -0.15) is 13.2 Å². The van der Waals surface area contributed by atoms with Crippen LogP contribution in [0.4, 0.5) is 13.2 Å². The third kappa shape index (κ3) is 6.03. The van der Waals surface area contributed by atoms with Crippen LogP contribution < -0.4 is 0 Å². The summed E-state index contributed by atoms with van der Waals surface area (Å²) in [5.41, 5.74) is 0.539. The highest BCUT2D eigenvalue weighted by molar-refractivity contribution is 5.33. The molecule has 0 radical (unpaired) electrons. The minimum Gasteiger partial charge on any atom is -0.170 e. The highest BCUT2D eigenvalue weighted by Crippen LogP contribution is 2.39. The largest absolute Gasteiger partial charge is 0.399 e. The molecule has 3 heteroatoms. The molecular weight excluding hydrogens is 273 g/mol. The Bertz CT molecular complexity index is 421. The molecule has 0 saturated heterocycles. The molecular formula is C18H23F3. The van der Waals surface area contributed by atoms with Gasteiger partial charge in [-0.3, -0.25) is 0 Å². The predicted molar refractivity (Wildman–Crippen MR) is 83.5 cm³/mol. The Morgan fingerprint density at radius 2 is 0.905 bits per heavy atom. The summed E-state index contributed by atoms with van der Waals surface area (Å²) >= 11 is 0. The number of hydrogen-bond acceptors (Lipinski definition) is 0. The molecule has 2 aromatic rings. The van der Waals surface area contributed by atoms with Crippen LogP contribution in [0.1, 0.15) is 44.7 Å². The van der Waals surface area contributed by atoms with Crippen molar-refractivity contribution in [3.63, 3.8) is 0 Å². The Hall–Kier alpha value is -1.77. The minimum absolute atomic E-state index is 0.270. The lowest BCUT2D eigenvalue weighted by atomic mass is 9.91. The van der Waals surface area contributed by atoms with Crippen LogP contribution in [0.5, 0.6) is 0 Å². The van der Waals surface area contributed by atoms with E-state index in [1.165, 1.54) is 24.3 Å². The van der Waals surface area contributed by atoms with Crippen LogP contribution in [0.3, 0.4) is 0 Å². The van der Waals surface area contributed by atoms with E-state index >= 15 is 0 Å². The molecule has 0 aliphatic heterocycles. The van der Waals surface area contributed by atoms with E-state index in [9.17, 15) is 13.2 Å². The molecule has 21 heavy (non-hydrogen) atoms. The fourth-order valence-corrected chi connectivity index (χ4v) is 1.86. The van der Waals surface area contributed by atoms with Gasteiger partial charge in [-0.05, 0) is 11.1 Å². The van der Waals surface area contributed by atoms with Gasteiger partial charge in [0.1, 0.15) is 5.92 Å². The van der Waals surface area contributed by atoms with Gasteiger partial charge in [-0.25, -0.2) is 0 Å². The zero-order valence-corrected chi connectivity index (χ0v) is 13.0. The highest BCUT2D eigenvalue weighted by Gasteiger charge is 2.41. The van der Waals surface area contributed by atoms with E-state index in [4.69, 9.17) is 0 Å². The zero-order chi connectivity index (χ0) is 16.3. The Morgan fingerprint density at radius 3 is 1.14 bits per heavy atom. The number of alkyl halides is 3. The maximum absolute atomic E-state index is 13.1. The zero-order valence-electron chi connectivity index (χ0n) is 13.0.